The number of carboxylic acids is 1. The summed E-state index contributed by atoms with van der Waals surface area (Å²) in [5, 5.41) is 9.19. The van der Waals surface area contributed by atoms with E-state index >= 15 is 0 Å². The van der Waals surface area contributed by atoms with E-state index in [-0.39, 0.29) is 17.0 Å². The Morgan fingerprint density at radius 3 is 1.70 bits per heavy atom. The van der Waals surface area contributed by atoms with Crippen molar-refractivity contribution in [2.45, 2.75) is 70.8 Å². The van der Waals surface area contributed by atoms with Gasteiger partial charge in [0.15, 0.2) is 6.04 Å². The van der Waals surface area contributed by atoms with Crippen LogP contribution in [-0.4, -0.2) is 53.7 Å². The molecule has 0 aliphatic heterocycles. The molecule has 0 heterocycles. The van der Waals surface area contributed by atoms with Gasteiger partial charge in [-0.05, 0) is 6.42 Å². The van der Waals surface area contributed by atoms with Crippen molar-refractivity contribution >= 4 is 5.97 Å². The van der Waals surface area contributed by atoms with E-state index in [1.165, 1.54) is 44.9 Å². The first-order chi connectivity index (χ1) is 8.39. The van der Waals surface area contributed by atoms with Crippen molar-refractivity contribution in [3.63, 3.8) is 0 Å². The Balaban J connectivity index is -0.00000144. The average Bonchev–Trinajstić information content (AvgIpc) is 2.24. The van der Waals surface area contributed by atoms with Gasteiger partial charge in [0.05, 0.1) is 21.1 Å². The first kappa shape index (κ1) is 24.4. The summed E-state index contributed by atoms with van der Waals surface area (Å²) in [5.74, 6) is -0.662. The van der Waals surface area contributed by atoms with E-state index < -0.39 is 5.97 Å². The maximum absolute atomic E-state index is 11.2. The zero-order chi connectivity index (χ0) is 14.0. The molecule has 0 amide bonds. The number of hydrogen-bond acceptors (Lipinski definition) is 2. The standard InChI is InChI=1S/C15H31NO2.2H2O/c1-5-6-7-8-9-10-11-12-13-14(15(17)18)16(2,3)4;;/h14H,5-13H2,1-4H3;2*1H2. The molecule has 20 heavy (non-hydrogen) atoms. The summed E-state index contributed by atoms with van der Waals surface area (Å²) in [4.78, 5) is 11.2. The number of carbonyl (C=O) groups is 1. The summed E-state index contributed by atoms with van der Waals surface area (Å²) in [5.41, 5.74) is 0. The monoisotopic (exact) mass is 293 g/mol. The summed E-state index contributed by atoms with van der Waals surface area (Å²) in [6.07, 6.45) is 10.9. The SMILES string of the molecule is CCCCCCCCCCC(C(=O)O)[N+](C)(C)C.O.[OH-]. The second kappa shape index (κ2) is 13.3. The van der Waals surface area contributed by atoms with E-state index in [4.69, 9.17) is 0 Å². The molecule has 0 radical (unpaired) electrons. The number of unbranched alkanes of at least 4 members (excludes halogenated alkanes) is 7. The molecule has 4 N–H and O–H groups in total. The fraction of sp³-hybridized carbons (Fsp3) is 0.933. The van der Waals surface area contributed by atoms with Crippen LogP contribution < -0.4 is 0 Å². The first-order valence-corrected chi connectivity index (χ1v) is 7.43. The van der Waals surface area contributed by atoms with Gasteiger partial charge in [-0.3, -0.25) is 0 Å². The highest BCUT2D eigenvalue weighted by Gasteiger charge is 2.30. The van der Waals surface area contributed by atoms with Crippen LogP contribution in [-0.2, 0) is 4.79 Å². The number of rotatable bonds is 11. The number of nitrogens with zero attached hydrogens (tertiary/aromatic N) is 1. The molecule has 0 saturated carbocycles. The molecule has 124 valence electrons. The summed E-state index contributed by atoms with van der Waals surface area (Å²) < 4.78 is 0.520. The lowest BCUT2D eigenvalue weighted by Gasteiger charge is -2.31. The highest BCUT2D eigenvalue weighted by atomic mass is 16.4. The number of aliphatic carboxylic acids is 1. The fourth-order valence-electron chi connectivity index (χ4n) is 2.31. The average molecular weight is 293 g/mol. The lowest BCUT2D eigenvalue weighted by Crippen LogP contribution is -2.49. The van der Waals surface area contributed by atoms with Gasteiger partial charge in [-0.15, -0.1) is 0 Å². The quantitative estimate of drug-likeness (QED) is 0.468. The topological polar surface area (TPSA) is 98.8 Å². The molecule has 0 bridgehead atoms. The van der Waals surface area contributed by atoms with E-state index in [1.54, 1.807) is 0 Å². The van der Waals surface area contributed by atoms with Crippen molar-refractivity contribution in [3.05, 3.63) is 0 Å². The van der Waals surface area contributed by atoms with Gasteiger partial charge in [0.2, 0.25) is 0 Å². The predicted octanol–water partition coefficient (Wildman–Crippen LogP) is 2.68. The van der Waals surface area contributed by atoms with E-state index in [2.05, 4.69) is 6.92 Å². The summed E-state index contributed by atoms with van der Waals surface area (Å²) >= 11 is 0. The highest BCUT2D eigenvalue weighted by molar-refractivity contribution is 5.72. The summed E-state index contributed by atoms with van der Waals surface area (Å²) in [6.45, 7) is 2.23. The number of carboxylic acid groups (broad SMARTS) is 1. The van der Waals surface area contributed by atoms with Crippen LogP contribution in [0.5, 0.6) is 0 Å². The normalized spacial score (nSPS) is 12.2. The second-order valence-electron chi connectivity index (χ2n) is 6.23. The third-order valence-corrected chi connectivity index (χ3v) is 3.55. The molecule has 0 aromatic carbocycles. The van der Waals surface area contributed by atoms with E-state index in [1.807, 2.05) is 21.1 Å². The maximum Gasteiger partial charge on any atom is 0.362 e. The third kappa shape index (κ3) is 12.4. The van der Waals surface area contributed by atoms with Gasteiger partial charge in [-0.25, -0.2) is 4.79 Å². The van der Waals surface area contributed by atoms with E-state index in [0.717, 1.165) is 12.8 Å². The molecular weight excluding hydrogens is 258 g/mol. The van der Waals surface area contributed by atoms with Gasteiger partial charge in [0.25, 0.3) is 0 Å². The molecule has 0 aliphatic carbocycles. The molecule has 0 saturated heterocycles. The minimum Gasteiger partial charge on any atom is -0.870 e. The van der Waals surface area contributed by atoms with Crippen molar-refractivity contribution in [1.82, 2.24) is 0 Å². The van der Waals surface area contributed by atoms with Gasteiger partial charge in [-0.1, -0.05) is 51.9 Å². The van der Waals surface area contributed by atoms with Crippen LogP contribution in [0.2, 0.25) is 0 Å². The van der Waals surface area contributed by atoms with Crippen molar-refractivity contribution in [2.24, 2.45) is 0 Å². The minimum atomic E-state index is -0.662. The zero-order valence-corrected chi connectivity index (χ0v) is 13.7. The molecule has 0 fully saturated rings. The molecule has 0 aliphatic rings. The summed E-state index contributed by atoms with van der Waals surface area (Å²) in [6, 6.07) is -0.259. The Labute approximate surface area is 124 Å². The van der Waals surface area contributed by atoms with Crippen molar-refractivity contribution in [3.8, 4) is 0 Å². The van der Waals surface area contributed by atoms with Crippen molar-refractivity contribution in [2.75, 3.05) is 21.1 Å². The lowest BCUT2D eigenvalue weighted by molar-refractivity contribution is -0.887. The Kier molecular flexibility index (Phi) is 16.3. The van der Waals surface area contributed by atoms with E-state index in [0.29, 0.717) is 4.48 Å². The first-order valence-electron chi connectivity index (χ1n) is 7.43. The molecule has 5 heteroatoms. The molecule has 0 aromatic heterocycles. The molecule has 0 spiro atoms. The van der Waals surface area contributed by atoms with Gasteiger partial charge in [0.1, 0.15) is 0 Å². The molecular formula is C15H35NO4. The third-order valence-electron chi connectivity index (χ3n) is 3.55. The van der Waals surface area contributed by atoms with Crippen LogP contribution in [0.15, 0.2) is 0 Å². The summed E-state index contributed by atoms with van der Waals surface area (Å²) in [7, 11) is 5.89. The minimum absolute atomic E-state index is 0. The molecule has 0 aromatic rings. The Bertz CT molecular complexity index is 226. The lowest BCUT2D eigenvalue weighted by atomic mass is 10.0. The van der Waals surface area contributed by atoms with Crippen LogP contribution in [0.1, 0.15) is 64.7 Å². The predicted molar refractivity (Wildman–Crippen MR) is 82.2 cm³/mol. The number of quaternary nitrogens is 1. The Hall–Kier alpha value is -0.650. The Morgan fingerprint density at radius 2 is 1.35 bits per heavy atom. The van der Waals surface area contributed by atoms with Gasteiger partial charge in [-0.2, -0.15) is 0 Å². The van der Waals surface area contributed by atoms with Gasteiger partial charge >= 0.3 is 5.97 Å². The van der Waals surface area contributed by atoms with Crippen LogP contribution in [0.3, 0.4) is 0 Å². The van der Waals surface area contributed by atoms with Gasteiger partial charge in [0, 0.05) is 6.42 Å². The van der Waals surface area contributed by atoms with Crippen LogP contribution in [0.25, 0.3) is 0 Å². The van der Waals surface area contributed by atoms with E-state index in [9.17, 15) is 9.90 Å². The van der Waals surface area contributed by atoms with Crippen LogP contribution in [0.4, 0.5) is 0 Å². The molecule has 0 rings (SSSR count). The van der Waals surface area contributed by atoms with Crippen LogP contribution in [0, 0.1) is 0 Å². The Morgan fingerprint density at radius 1 is 0.950 bits per heavy atom. The fourth-order valence-corrected chi connectivity index (χ4v) is 2.31. The van der Waals surface area contributed by atoms with Crippen molar-refractivity contribution < 1.29 is 25.3 Å². The zero-order valence-electron chi connectivity index (χ0n) is 13.7. The molecule has 1 atom stereocenters. The van der Waals surface area contributed by atoms with Gasteiger partial charge < -0.3 is 20.5 Å². The smallest absolute Gasteiger partial charge is 0.362 e. The second-order valence-corrected chi connectivity index (χ2v) is 6.23. The largest absolute Gasteiger partial charge is 0.870 e. The van der Waals surface area contributed by atoms with Crippen LogP contribution >= 0.6 is 0 Å². The highest BCUT2D eigenvalue weighted by Crippen LogP contribution is 2.15. The van der Waals surface area contributed by atoms with Crippen molar-refractivity contribution in [1.29, 1.82) is 0 Å². The molecule has 1 unspecified atom stereocenters. The molecule has 5 nitrogen and oxygen atoms in total. The number of likely N-dealkylation sites (N-methyl/N-ethyl adjacent to an activating group) is 1. The maximum atomic E-state index is 11.2. The number of hydrogen-bond donors (Lipinski definition) is 1.